The van der Waals surface area contributed by atoms with Crippen molar-refractivity contribution in [3.63, 3.8) is 0 Å². The number of nitrogens with two attached hydrogens (primary N) is 1. The molecule has 2 rings (SSSR count). The van der Waals surface area contributed by atoms with Crippen LogP contribution in [0.3, 0.4) is 0 Å². The number of nitro benzene ring substituents is 1. The van der Waals surface area contributed by atoms with Crippen LogP contribution in [-0.4, -0.2) is 29.8 Å². The van der Waals surface area contributed by atoms with Gasteiger partial charge >= 0.3 is 0 Å². The number of nitro groups is 1. The molecule has 1 aromatic rings. The van der Waals surface area contributed by atoms with Gasteiger partial charge in [0.1, 0.15) is 12.6 Å². The van der Waals surface area contributed by atoms with Gasteiger partial charge in [-0.2, -0.15) is 0 Å². The molecule has 0 aliphatic carbocycles. The van der Waals surface area contributed by atoms with E-state index in [2.05, 4.69) is 5.32 Å². The molecule has 8 heteroatoms. The van der Waals surface area contributed by atoms with Crippen LogP contribution in [0.5, 0.6) is 0 Å². The highest BCUT2D eigenvalue weighted by Crippen LogP contribution is 2.36. The number of non-ortho nitro benzene ring substituents is 1. The fraction of sp³-hybridized carbons (Fsp3) is 0.333. The van der Waals surface area contributed by atoms with Gasteiger partial charge in [-0.15, -0.1) is 0 Å². The Hall–Kier alpha value is -2.48. The number of carbonyl (C=O) groups is 2. The molecule has 3 N–H and O–H groups in total. The summed E-state index contributed by atoms with van der Waals surface area (Å²) in [5.74, 6) is -0.744. The van der Waals surface area contributed by atoms with Gasteiger partial charge < -0.3 is 16.0 Å². The number of anilines is 1. The maximum atomic E-state index is 12.0. The number of amides is 2. The molecule has 0 bridgehead atoms. The SMILES string of the molecule is CCNC(=O)CN1C(=O)C(N)c2cc([N+](=O)[O-])ccc21. The van der Waals surface area contributed by atoms with Crippen LogP contribution < -0.4 is 16.0 Å². The van der Waals surface area contributed by atoms with E-state index in [-0.39, 0.29) is 18.1 Å². The number of nitrogens with one attached hydrogen (secondary N) is 1. The number of rotatable bonds is 4. The topological polar surface area (TPSA) is 119 Å². The molecule has 20 heavy (non-hydrogen) atoms. The average molecular weight is 278 g/mol. The molecule has 1 heterocycles. The Morgan fingerprint density at radius 2 is 2.25 bits per heavy atom. The van der Waals surface area contributed by atoms with Crippen LogP contribution in [0.1, 0.15) is 18.5 Å². The third kappa shape index (κ3) is 2.32. The zero-order valence-corrected chi connectivity index (χ0v) is 10.8. The van der Waals surface area contributed by atoms with Gasteiger partial charge in [0.15, 0.2) is 0 Å². The van der Waals surface area contributed by atoms with Crippen LogP contribution in [0.25, 0.3) is 0 Å². The van der Waals surface area contributed by atoms with Gasteiger partial charge in [-0.3, -0.25) is 19.7 Å². The van der Waals surface area contributed by atoms with Crippen LogP contribution in [-0.2, 0) is 9.59 Å². The summed E-state index contributed by atoms with van der Waals surface area (Å²) in [5.41, 5.74) is 6.43. The molecule has 0 saturated heterocycles. The smallest absolute Gasteiger partial charge is 0.269 e. The molecule has 1 atom stereocenters. The van der Waals surface area contributed by atoms with Gasteiger partial charge in [-0.25, -0.2) is 0 Å². The van der Waals surface area contributed by atoms with Crippen LogP contribution in [0.2, 0.25) is 0 Å². The number of hydrogen-bond acceptors (Lipinski definition) is 5. The molecule has 106 valence electrons. The summed E-state index contributed by atoms with van der Waals surface area (Å²) in [7, 11) is 0. The minimum Gasteiger partial charge on any atom is -0.355 e. The second-order valence-corrected chi connectivity index (χ2v) is 4.36. The van der Waals surface area contributed by atoms with Gasteiger partial charge in [0.05, 0.1) is 10.6 Å². The Balaban J connectivity index is 2.33. The highest BCUT2D eigenvalue weighted by molar-refractivity contribution is 6.07. The highest BCUT2D eigenvalue weighted by Gasteiger charge is 2.36. The molecular formula is C12H14N4O4. The number of nitrogens with zero attached hydrogens (tertiary/aromatic N) is 2. The van der Waals surface area contributed by atoms with E-state index in [0.29, 0.717) is 17.8 Å². The monoisotopic (exact) mass is 278 g/mol. The Labute approximate surface area is 114 Å². The van der Waals surface area contributed by atoms with Gasteiger partial charge in [0, 0.05) is 24.2 Å². The van der Waals surface area contributed by atoms with E-state index in [9.17, 15) is 19.7 Å². The van der Waals surface area contributed by atoms with E-state index in [1.165, 1.54) is 23.1 Å². The summed E-state index contributed by atoms with van der Waals surface area (Å²) in [5, 5.41) is 13.3. The highest BCUT2D eigenvalue weighted by atomic mass is 16.6. The van der Waals surface area contributed by atoms with Crippen LogP contribution in [0.4, 0.5) is 11.4 Å². The molecule has 1 aliphatic rings. The Morgan fingerprint density at radius 1 is 1.55 bits per heavy atom. The third-order valence-electron chi connectivity index (χ3n) is 3.06. The summed E-state index contributed by atoms with van der Waals surface area (Å²) in [6.07, 6.45) is 0. The van der Waals surface area contributed by atoms with Gasteiger partial charge in [-0.1, -0.05) is 0 Å². The number of hydrogen-bond donors (Lipinski definition) is 2. The van der Waals surface area contributed by atoms with Crippen molar-refractivity contribution in [1.82, 2.24) is 5.32 Å². The van der Waals surface area contributed by atoms with Crippen molar-refractivity contribution in [2.75, 3.05) is 18.0 Å². The number of fused-ring (bicyclic) bond motifs is 1. The molecule has 8 nitrogen and oxygen atoms in total. The number of benzene rings is 1. The number of carbonyl (C=O) groups excluding carboxylic acids is 2. The van der Waals surface area contributed by atoms with Crippen LogP contribution >= 0.6 is 0 Å². The molecule has 0 aromatic heterocycles. The molecule has 1 aliphatic heterocycles. The lowest BCUT2D eigenvalue weighted by molar-refractivity contribution is -0.384. The standard InChI is InChI=1S/C12H14N4O4/c1-2-14-10(17)6-15-9-4-3-7(16(19)20)5-8(9)11(13)12(15)18/h3-5,11H,2,6,13H2,1H3,(H,14,17). The van der Waals surface area contributed by atoms with E-state index in [0.717, 1.165) is 0 Å². The van der Waals surface area contributed by atoms with Crippen molar-refractivity contribution in [2.24, 2.45) is 5.73 Å². The molecule has 0 saturated carbocycles. The molecular weight excluding hydrogens is 264 g/mol. The van der Waals surface area contributed by atoms with Crippen LogP contribution in [0.15, 0.2) is 18.2 Å². The molecule has 1 aromatic carbocycles. The second-order valence-electron chi connectivity index (χ2n) is 4.36. The molecule has 1 unspecified atom stereocenters. The van der Waals surface area contributed by atoms with Crippen LogP contribution in [0, 0.1) is 10.1 Å². The summed E-state index contributed by atoms with van der Waals surface area (Å²) < 4.78 is 0. The minimum absolute atomic E-state index is 0.133. The molecule has 2 amide bonds. The van der Waals surface area contributed by atoms with E-state index in [1.54, 1.807) is 6.92 Å². The lowest BCUT2D eigenvalue weighted by Crippen LogP contribution is -2.40. The van der Waals surface area contributed by atoms with E-state index < -0.39 is 16.9 Å². The predicted octanol–water partition coefficient (Wildman–Crippen LogP) is 0.0773. The Morgan fingerprint density at radius 3 is 2.85 bits per heavy atom. The van der Waals surface area contributed by atoms with Crippen molar-refractivity contribution < 1.29 is 14.5 Å². The first-order valence-corrected chi connectivity index (χ1v) is 6.07. The molecule has 0 radical (unpaired) electrons. The van der Waals surface area contributed by atoms with Gasteiger partial charge in [0.2, 0.25) is 11.8 Å². The summed E-state index contributed by atoms with van der Waals surface area (Å²) >= 11 is 0. The Bertz CT molecular complexity index is 587. The quantitative estimate of drug-likeness (QED) is 0.597. The van der Waals surface area contributed by atoms with E-state index in [4.69, 9.17) is 5.73 Å². The van der Waals surface area contributed by atoms with Crippen molar-refractivity contribution in [1.29, 1.82) is 0 Å². The first-order chi connectivity index (χ1) is 9.45. The normalized spacial score (nSPS) is 17.0. The van der Waals surface area contributed by atoms with Crippen molar-refractivity contribution in [2.45, 2.75) is 13.0 Å². The zero-order chi connectivity index (χ0) is 14.9. The molecule has 0 fully saturated rings. The summed E-state index contributed by atoms with van der Waals surface area (Å²) in [6.45, 7) is 2.08. The largest absolute Gasteiger partial charge is 0.355 e. The maximum absolute atomic E-state index is 12.0. The zero-order valence-electron chi connectivity index (χ0n) is 10.8. The lowest BCUT2D eigenvalue weighted by atomic mass is 10.1. The fourth-order valence-corrected chi connectivity index (χ4v) is 2.13. The third-order valence-corrected chi connectivity index (χ3v) is 3.06. The van der Waals surface area contributed by atoms with E-state index in [1.807, 2.05) is 0 Å². The first-order valence-electron chi connectivity index (χ1n) is 6.07. The summed E-state index contributed by atoms with van der Waals surface area (Å²) in [4.78, 5) is 35.0. The first kappa shape index (κ1) is 13.9. The van der Waals surface area contributed by atoms with Gasteiger partial charge in [-0.05, 0) is 13.0 Å². The maximum Gasteiger partial charge on any atom is 0.269 e. The number of likely N-dealkylation sites (N-methyl/N-ethyl adjacent to an activating group) is 1. The Kier molecular flexibility index (Phi) is 3.66. The van der Waals surface area contributed by atoms with Crippen molar-refractivity contribution in [3.8, 4) is 0 Å². The minimum atomic E-state index is -0.973. The summed E-state index contributed by atoms with van der Waals surface area (Å²) in [6, 6.07) is 3.03. The van der Waals surface area contributed by atoms with E-state index >= 15 is 0 Å². The average Bonchev–Trinajstić information content (AvgIpc) is 2.64. The predicted molar refractivity (Wildman–Crippen MR) is 71.1 cm³/mol. The fourth-order valence-electron chi connectivity index (χ4n) is 2.13. The lowest BCUT2D eigenvalue weighted by Gasteiger charge is -2.16. The van der Waals surface area contributed by atoms with Crippen molar-refractivity contribution >= 4 is 23.2 Å². The van der Waals surface area contributed by atoms with Crippen molar-refractivity contribution in [3.05, 3.63) is 33.9 Å². The molecule has 0 spiro atoms. The second kappa shape index (κ2) is 5.25. The van der Waals surface area contributed by atoms with Gasteiger partial charge in [0.25, 0.3) is 5.69 Å².